The highest BCUT2D eigenvalue weighted by Crippen LogP contribution is 2.31. The van der Waals surface area contributed by atoms with Crippen molar-refractivity contribution < 1.29 is 9.21 Å². The molecule has 2 aromatic carbocycles. The van der Waals surface area contributed by atoms with Gasteiger partial charge < -0.3 is 4.42 Å². The Kier molecular flexibility index (Phi) is 2.82. The molecule has 0 atom stereocenters. The van der Waals surface area contributed by atoms with Crippen molar-refractivity contribution in [1.82, 2.24) is 4.98 Å². The molecule has 1 aliphatic rings. The van der Waals surface area contributed by atoms with E-state index in [-0.39, 0.29) is 5.91 Å². The second-order valence-corrected chi connectivity index (χ2v) is 5.38. The molecule has 0 N–H and O–H groups in total. The maximum Gasteiger partial charge on any atom is 0.281 e. The lowest BCUT2D eigenvalue weighted by atomic mass is 10.2. The molecule has 1 amide bonds. The lowest BCUT2D eigenvalue weighted by Gasteiger charge is -2.15. The molecule has 108 valence electrons. The summed E-state index contributed by atoms with van der Waals surface area (Å²) in [4.78, 5) is 18.6. The molecule has 2 heterocycles. The van der Waals surface area contributed by atoms with E-state index in [0.29, 0.717) is 23.9 Å². The number of fused-ring (bicyclic) bond motifs is 1. The predicted molar refractivity (Wildman–Crippen MR) is 83.6 cm³/mol. The maximum atomic E-state index is 12.5. The highest BCUT2D eigenvalue weighted by Gasteiger charge is 2.34. The summed E-state index contributed by atoms with van der Waals surface area (Å²) in [5.41, 5.74) is 3.33. The van der Waals surface area contributed by atoms with E-state index in [2.05, 4.69) is 4.98 Å². The van der Waals surface area contributed by atoms with Crippen LogP contribution in [0, 0.1) is 6.92 Å². The van der Waals surface area contributed by atoms with Crippen LogP contribution in [0.1, 0.15) is 21.8 Å². The van der Waals surface area contributed by atoms with E-state index in [1.165, 1.54) is 0 Å². The molecule has 0 bridgehead atoms. The average molecular weight is 290 g/mol. The van der Waals surface area contributed by atoms with Crippen LogP contribution in [0.3, 0.4) is 0 Å². The Morgan fingerprint density at radius 3 is 2.45 bits per heavy atom. The van der Waals surface area contributed by atoms with Crippen molar-refractivity contribution in [2.24, 2.45) is 0 Å². The van der Waals surface area contributed by atoms with Crippen molar-refractivity contribution in [3.8, 4) is 11.5 Å². The Hall–Kier alpha value is -2.88. The number of benzene rings is 2. The number of nitrogens with zero attached hydrogens (tertiary/aromatic N) is 2. The standard InChI is InChI=1S/C18H14N2O2/c1-12-7-9-14(10-8-12)20-11-15-16(18(20)21)19-17(22-15)13-5-3-2-4-6-13/h2-10H,11H2,1H3. The summed E-state index contributed by atoms with van der Waals surface area (Å²) in [6, 6.07) is 17.5. The molecule has 0 spiro atoms. The predicted octanol–water partition coefficient (Wildman–Crippen LogP) is 3.81. The normalized spacial score (nSPS) is 13.5. The number of aromatic nitrogens is 1. The number of rotatable bonds is 2. The van der Waals surface area contributed by atoms with Crippen LogP contribution in [-0.4, -0.2) is 10.9 Å². The van der Waals surface area contributed by atoms with Crippen molar-refractivity contribution in [3.63, 3.8) is 0 Å². The number of hydrogen-bond acceptors (Lipinski definition) is 3. The van der Waals surface area contributed by atoms with Gasteiger partial charge in [0.05, 0.1) is 6.54 Å². The number of anilines is 1. The van der Waals surface area contributed by atoms with E-state index in [1.54, 1.807) is 4.90 Å². The number of hydrogen-bond donors (Lipinski definition) is 0. The fourth-order valence-corrected chi connectivity index (χ4v) is 2.61. The third-order valence-corrected chi connectivity index (χ3v) is 3.81. The zero-order chi connectivity index (χ0) is 15.1. The largest absolute Gasteiger partial charge is 0.438 e. The summed E-state index contributed by atoms with van der Waals surface area (Å²) < 4.78 is 5.78. The van der Waals surface area contributed by atoms with Crippen LogP contribution in [0.25, 0.3) is 11.5 Å². The van der Waals surface area contributed by atoms with Gasteiger partial charge in [-0.3, -0.25) is 9.69 Å². The monoisotopic (exact) mass is 290 g/mol. The zero-order valence-electron chi connectivity index (χ0n) is 12.1. The molecule has 22 heavy (non-hydrogen) atoms. The maximum absolute atomic E-state index is 12.5. The van der Waals surface area contributed by atoms with Gasteiger partial charge in [-0.1, -0.05) is 35.9 Å². The second kappa shape index (κ2) is 4.84. The summed E-state index contributed by atoms with van der Waals surface area (Å²) in [7, 11) is 0. The van der Waals surface area contributed by atoms with Gasteiger partial charge in [-0.25, -0.2) is 4.98 Å². The average Bonchev–Trinajstić information content (AvgIpc) is 3.09. The molecule has 0 saturated heterocycles. The number of aryl methyl sites for hydroxylation is 1. The molecule has 0 unspecified atom stereocenters. The third-order valence-electron chi connectivity index (χ3n) is 3.81. The number of carbonyl (C=O) groups is 1. The fraction of sp³-hybridized carbons (Fsp3) is 0.111. The van der Waals surface area contributed by atoms with Gasteiger partial charge in [-0.2, -0.15) is 0 Å². The first-order chi connectivity index (χ1) is 10.7. The van der Waals surface area contributed by atoms with Crippen molar-refractivity contribution >= 4 is 11.6 Å². The van der Waals surface area contributed by atoms with E-state index in [9.17, 15) is 4.79 Å². The third kappa shape index (κ3) is 2.00. The van der Waals surface area contributed by atoms with Gasteiger partial charge in [0.1, 0.15) is 0 Å². The van der Waals surface area contributed by atoms with Gasteiger partial charge >= 0.3 is 0 Å². The van der Waals surface area contributed by atoms with Crippen LogP contribution < -0.4 is 4.90 Å². The molecule has 4 rings (SSSR count). The van der Waals surface area contributed by atoms with Crippen LogP contribution in [0.15, 0.2) is 59.0 Å². The first kappa shape index (κ1) is 12.8. The van der Waals surface area contributed by atoms with E-state index in [4.69, 9.17) is 4.42 Å². The number of carbonyl (C=O) groups excluding carboxylic acids is 1. The molecule has 4 heteroatoms. The lowest BCUT2D eigenvalue weighted by Crippen LogP contribution is -2.23. The van der Waals surface area contributed by atoms with Crippen molar-refractivity contribution in [3.05, 3.63) is 71.6 Å². The molecule has 0 aliphatic carbocycles. The van der Waals surface area contributed by atoms with Crippen LogP contribution >= 0.6 is 0 Å². The molecule has 3 aromatic rings. The first-order valence-electron chi connectivity index (χ1n) is 7.16. The topological polar surface area (TPSA) is 46.3 Å². The summed E-state index contributed by atoms with van der Waals surface area (Å²) >= 11 is 0. The zero-order valence-corrected chi connectivity index (χ0v) is 12.1. The van der Waals surface area contributed by atoms with Crippen molar-refractivity contribution in [2.45, 2.75) is 13.5 Å². The van der Waals surface area contributed by atoms with Gasteiger partial charge in [-0.05, 0) is 31.2 Å². The highest BCUT2D eigenvalue weighted by molar-refractivity contribution is 6.08. The molecule has 0 saturated carbocycles. The van der Waals surface area contributed by atoms with E-state index < -0.39 is 0 Å². The number of oxazole rings is 1. The molecule has 0 radical (unpaired) electrons. The van der Waals surface area contributed by atoms with Crippen LogP contribution in [0.5, 0.6) is 0 Å². The van der Waals surface area contributed by atoms with Gasteiger partial charge in [0.15, 0.2) is 11.5 Å². The summed E-state index contributed by atoms with van der Waals surface area (Å²) in [6.07, 6.45) is 0. The molecule has 0 fully saturated rings. The first-order valence-corrected chi connectivity index (χ1v) is 7.16. The van der Waals surface area contributed by atoms with Crippen LogP contribution in [-0.2, 0) is 6.54 Å². The Bertz CT molecular complexity index is 835. The van der Waals surface area contributed by atoms with Gasteiger partial charge in [-0.15, -0.1) is 0 Å². The van der Waals surface area contributed by atoms with Crippen LogP contribution in [0.2, 0.25) is 0 Å². The second-order valence-electron chi connectivity index (χ2n) is 5.38. The summed E-state index contributed by atoms with van der Waals surface area (Å²) in [5, 5.41) is 0. The van der Waals surface area contributed by atoms with E-state index in [0.717, 1.165) is 16.8 Å². The van der Waals surface area contributed by atoms with E-state index in [1.807, 2.05) is 61.5 Å². The minimum atomic E-state index is -0.107. The fourth-order valence-electron chi connectivity index (χ4n) is 2.61. The molecular weight excluding hydrogens is 276 g/mol. The van der Waals surface area contributed by atoms with Crippen molar-refractivity contribution in [1.29, 1.82) is 0 Å². The van der Waals surface area contributed by atoms with Gasteiger partial charge in [0, 0.05) is 11.3 Å². The molecular formula is C18H14N2O2. The summed E-state index contributed by atoms with van der Waals surface area (Å²) in [6.45, 7) is 2.45. The lowest BCUT2D eigenvalue weighted by molar-refractivity contribution is 0.0992. The molecule has 1 aliphatic heterocycles. The Morgan fingerprint density at radius 1 is 1.05 bits per heavy atom. The quantitative estimate of drug-likeness (QED) is 0.721. The molecule has 1 aromatic heterocycles. The van der Waals surface area contributed by atoms with Crippen molar-refractivity contribution in [2.75, 3.05) is 4.90 Å². The van der Waals surface area contributed by atoms with Crippen LogP contribution in [0.4, 0.5) is 5.69 Å². The van der Waals surface area contributed by atoms with Gasteiger partial charge in [0.2, 0.25) is 5.89 Å². The SMILES string of the molecule is Cc1ccc(N2Cc3oc(-c4ccccc4)nc3C2=O)cc1. The van der Waals surface area contributed by atoms with Gasteiger partial charge in [0.25, 0.3) is 5.91 Å². The Balaban J connectivity index is 1.66. The smallest absolute Gasteiger partial charge is 0.281 e. The number of amides is 1. The minimum Gasteiger partial charge on any atom is -0.438 e. The molecule has 4 nitrogen and oxygen atoms in total. The highest BCUT2D eigenvalue weighted by atomic mass is 16.4. The Morgan fingerprint density at radius 2 is 1.77 bits per heavy atom. The van der Waals surface area contributed by atoms with E-state index >= 15 is 0 Å². The minimum absolute atomic E-state index is 0.107. The summed E-state index contributed by atoms with van der Waals surface area (Å²) in [5.74, 6) is 1.02. The Labute approximate surface area is 128 Å².